The molecule has 1 fully saturated rings. The molecule has 0 radical (unpaired) electrons. The lowest BCUT2D eigenvalue weighted by atomic mass is 9.95. The summed E-state index contributed by atoms with van der Waals surface area (Å²) in [5.41, 5.74) is 1.67. The molecule has 1 aliphatic rings. The smallest absolute Gasteiger partial charge is 0.323 e. The number of nitrogens with zero attached hydrogens (tertiary/aromatic N) is 1. The van der Waals surface area contributed by atoms with Gasteiger partial charge < -0.3 is 15.1 Å². The Bertz CT molecular complexity index is 947. The molecule has 27 heavy (non-hydrogen) atoms. The number of benzene rings is 2. The van der Waals surface area contributed by atoms with Crippen LogP contribution in [0.5, 0.6) is 0 Å². The molecule has 2 aromatic rings. The maximum Gasteiger partial charge on any atom is 0.323 e. The summed E-state index contributed by atoms with van der Waals surface area (Å²) in [6.45, 7) is 1.21. The fourth-order valence-electron chi connectivity index (χ4n) is 3.05. The van der Waals surface area contributed by atoms with E-state index in [2.05, 4.69) is 0 Å². The number of Topliss-reactive ketones (excluding diaryl/α,β-unsaturated/α-hetero) is 1. The highest BCUT2D eigenvalue weighted by Gasteiger charge is 2.46. The second kappa shape index (κ2) is 7.25. The normalized spacial score (nSPS) is 18.7. The minimum atomic E-state index is -1.26. The molecule has 0 bridgehead atoms. The molecule has 6 nitrogen and oxygen atoms in total. The van der Waals surface area contributed by atoms with Gasteiger partial charge in [0.05, 0.1) is 11.6 Å². The molecule has 1 amide bonds. The molecule has 2 N–H and O–H groups in total. The van der Waals surface area contributed by atoms with Crippen LogP contribution in [-0.4, -0.2) is 39.3 Å². The van der Waals surface area contributed by atoms with E-state index in [-0.39, 0.29) is 11.3 Å². The first kappa shape index (κ1) is 18.7. The van der Waals surface area contributed by atoms with E-state index < -0.39 is 30.2 Å². The zero-order chi connectivity index (χ0) is 19.7. The Morgan fingerprint density at radius 1 is 1.04 bits per heavy atom. The monoisotopic (exact) mass is 385 g/mol. The Morgan fingerprint density at radius 3 is 2.19 bits per heavy atom. The quantitative estimate of drug-likeness (QED) is 0.479. The molecule has 0 saturated carbocycles. The lowest BCUT2D eigenvalue weighted by Crippen LogP contribution is -2.34. The number of aryl methyl sites for hydroxylation is 1. The third-order valence-electron chi connectivity index (χ3n) is 4.36. The number of carboxylic acids is 1. The van der Waals surface area contributed by atoms with Crippen molar-refractivity contribution in [3.05, 3.63) is 75.8 Å². The summed E-state index contributed by atoms with van der Waals surface area (Å²) in [4.78, 5) is 37.2. The van der Waals surface area contributed by atoms with Crippen LogP contribution in [0.4, 0.5) is 0 Å². The van der Waals surface area contributed by atoms with E-state index in [9.17, 15) is 19.5 Å². The highest BCUT2D eigenvalue weighted by Crippen LogP contribution is 2.39. The van der Waals surface area contributed by atoms with E-state index in [1.807, 2.05) is 6.92 Å². The van der Waals surface area contributed by atoms with Crippen molar-refractivity contribution in [3.63, 3.8) is 0 Å². The van der Waals surface area contributed by atoms with Gasteiger partial charge in [-0.15, -0.1) is 0 Å². The summed E-state index contributed by atoms with van der Waals surface area (Å²) in [7, 11) is 0. The third-order valence-corrected chi connectivity index (χ3v) is 4.61. The van der Waals surface area contributed by atoms with Gasteiger partial charge in [0.15, 0.2) is 0 Å². The minimum absolute atomic E-state index is 0.146. The number of aliphatic carboxylic acids is 1. The van der Waals surface area contributed by atoms with Crippen LogP contribution in [-0.2, 0) is 14.4 Å². The maximum atomic E-state index is 12.6. The lowest BCUT2D eigenvalue weighted by molar-refractivity contribution is -0.146. The number of carbonyl (C=O) groups is 3. The predicted molar refractivity (Wildman–Crippen MR) is 99.3 cm³/mol. The highest BCUT2D eigenvalue weighted by atomic mass is 35.5. The van der Waals surface area contributed by atoms with Crippen LogP contribution in [0.1, 0.15) is 22.7 Å². The number of likely N-dealkylation sites (tertiary alicyclic amines) is 1. The van der Waals surface area contributed by atoms with Gasteiger partial charge in [-0.2, -0.15) is 0 Å². The highest BCUT2D eigenvalue weighted by molar-refractivity contribution is 6.46. The van der Waals surface area contributed by atoms with Crippen molar-refractivity contribution in [1.82, 2.24) is 4.90 Å². The number of aliphatic hydroxyl groups excluding tert-OH is 1. The Kier molecular flexibility index (Phi) is 5.01. The lowest BCUT2D eigenvalue weighted by Gasteiger charge is -2.23. The van der Waals surface area contributed by atoms with Gasteiger partial charge >= 0.3 is 5.97 Å². The first-order valence-corrected chi connectivity index (χ1v) is 8.50. The predicted octanol–water partition coefficient (Wildman–Crippen LogP) is 3.15. The van der Waals surface area contributed by atoms with Gasteiger partial charge in [0.2, 0.25) is 0 Å². The van der Waals surface area contributed by atoms with Crippen LogP contribution in [0.25, 0.3) is 5.76 Å². The summed E-state index contributed by atoms with van der Waals surface area (Å²) in [6.07, 6.45) is 0. The van der Waals surface area contributed by atoms with Crippen LogP contribution in [0, 0.1) is 6.92 Å². The van der Waals surface area contributed by atoms with E-state index >= 15 is 0 Å². The number of hydrogen-bond acceptors (Lipinski definition) is 4. The van der Waals surface area contributed by atoms with Gasteiger partial charge in [0.25, 0.3) is 11.7 Å². The fourth-order valence-corrected chi connectivity index (χ4v) is 3.17. The second-order valence-electron chi connectivity index (χ2n) is 6.24. The summed E-state index contributed by atoms with van der Waals surface area (Å²) < 4.78 is 0. The van der Waals surface area contributed by atoms with Crippen molar-refractivity contribution in [1.29, 1.82) is 0 Å². The zero-order valence-corrected chi connectivity index (χ0v) is 15.1. The molecule has 0 aliphatic carbocycles. The van der Waals surface area contributed by atoms with Gasteiger partial charge in [-0.3, -0.25) is 14.4 Å². The van der Waals surface area contributed by atoms with Crippen molar-refractivity contribution in [3.8, 4) is 0 Å². The van der Waals surface area contributed by atoms with Crippen molar-refractivity contribution < 1.29 is 24.6 Å². The number of halogens is 1. The number of amides is 1. The van der Waals surface area contributed by atoms with Crippen LogP contribution < -0.4 is 0 Å². The number of rotatable bonds is 4. The number of carbonyl (C=O) groups excluding carboxylic acids is 2. The number of ketones is 1. The van der Waals surface area contributed by atoms with Crippen molar-refractivity contribution in [2.45, 2.75) is 13.0 Å². The SMILES string of the molecule is Cc1ccc(/C(O)=C2\C(=O)C(=O)N(CC(=O)O)[C@H]2c2ccc(Cl)cc2)cc1. The molecule has 0 unspecified atom stereocenters. The minimum Gasteiger partial charge on any atom is -0.507 e. The van der Waals surface area contributed by atoms with Gasteiger partial charge in [-0.1, -0.05) is 53.6 Å². The molecular formula is C20H16ClNO5. The van der Waals surface area contributed by atoms with E-state index in [0.717, 1.165) is 10.5 Å². The Hall–Kier alpha value is -3.12. The molecule has 138 valence electrons. The summed E-state index contributed by atoms with van der Waals surface area (Å²) >= 11 is 5.90. The first-order chi connectivity index (χ1) is 12.8. The number of carboxylic acid groups (broad SMARTS) is 1. The molecule has 1 heterocycles. The average molecular weight is 386 g/mol. The van der Waals surface area contributed by atoms with E-state index in [0.29, 0.717) is 16.1 Å². The molecule has 0 spiro atoms. The standard InChI is InChI=1S/C20H16ClNO5/c1-11-2-4-13(5-3-11)18(25)16-17(12-6-8-14(21)9-7-12)22(10-15(23)24)20(27)19(16)26/h2-9,17,25H,10H2,1H3,(H,23,24)/b18-16+/t17-/m0/s1. The molecule has 2 aromatic carbocycles. The topological polar surface area (TPSA) is 94.9 Å². The van der Waals surface area contributed by atoms with Gasteiger partial charge in [-0.25, -0.2) is 0 Å². The summed E-state index contributed by atoms with van der Waals surface area (Å²) in [6, 6.07) is 12.1. The van der Waals surface area contributed by atoms with Crippen molar-refractivity contribution >= 4 is 35.0 Å². The third kappa shape index (κ3) is 3.57. The summed E-state index contributed by atoms with van der Waals surface area (Å²) in [5.74, 6) is -3.49. The van der Waals surface area contributed by atoms with Gasteiger partial charge in [-0.05, 0) is 24.6 Å². The van der Waals surface area contributed by atoms with Crippen LogP contribution in [0.2, 0.25) is 5.02 Å². The molecule has 1 atom stereocenters. The van der Waals surface area contributed by atoms with E-state index in [1.54, 1.807) is 48.5 Å². The first-order valence-electron chi connectivity index (χ1n) is 8.12. The summed E-state index contributed by atoms with van der Waals surface area (Å²) in [5, 5.41) is 20.3. The fraction of sp³-hybridized carbons (Fsp3) is 0.150. The van der Waals surface area contributed by atoms with Crippen molar-refractivity contribution in [2.75, 3.05) is 6.54 Å². The Labute approximate surface area is 160 Å². The zero-order valence-electron chi connectivity index (χ0n) is 14.3. The van der Waals surface area contributed by atoms with Crippen molar-refractivity contribution in [2.24, 2.45) is 0 Å². The Morgan fingerprint density at radius 2 is 1.63 bits per heavy atom. The Balaban J connectivity index is 2.19. The number of hydrogen-bond donors (Lipinski definition) is 2. The van der Waals surface area contributed by atoms with Crippen LogP contribution >= 0.6 is 11.6 Å². The van der Waals surface area contributed by atoms with Crippen LogP contribution in [0.3, 0.4) is 0 Å². The van der Waals surface area contributed by atoms with E-state index in [4.69, 9.17) is 16.7 Å². The van der Waals surface area contributed by atoms with Crippen LogP contribution in [0.15, 0.2) is 54.1 Å². The number of aliphatic hydroxyl groups is 1. The molecule has 1 saturated heterocycles. The largest absolute Gasteiger partial charge is 0.507 e. The average Bonchev–Trinajstić information content (AvgIpc) is 2.87. The molecule has 7 heteroatoms. The molecule has 0 aromatic heterocycles. The van der Waals surface area contributed by atoms with Gasteiger partial charge in [0.1, 0.15) is 12.3 Å². The van der Waals surface area contributed by atoms with E-state index in [1.165, 1.54) is 0 Å². The molecule has 1 aliphatic heterocycles. The van der Waals surface area contributed by atoms with Gasteiger partial charge in [0, 0.05) is 10.6 Å². The molecular weight excluding hydrogens is 370 g/mol. The second-order valence-corrected chi connectivity index (χ2v) is 6.67. The molecule has 3 rings (SSSR count). The maximum absolute atomic E-state index is 12.6.